The molecule has 0 bridgehead atoms. The Balaban J connectivity index is 2.15. The van der Waals surface area contributed by atoms with Crippen LogP contribution in [-0.2, 0) is 11.9 Å². The van der Waals surface area contributed by atoms with E-state index in [2.05, 4.69) is 15.2 Å². The third-order valence-electron chi connectivity index (χ3n) is 2.10. The van der Waals surface area contributed by atoms with Crippen molar-refractivity contribution in [3.8, 4) is 0 Å². The Morgan fingerprint density at radius 2 is 2.06 bits per heavy atom. The molecule has 0 aliphatic carbocycles. The highest BCUT2D eigenvalue weighted by Gasteiger charge is 2.34. The van der Waals surface area contributed by atoms with Gasteiger partial charge in [0.2, 0.25) is 0 Å². The minimum atomic E-state index is -4.68. The van der Waals surface area contributed by atoms with Crippen molar-refractivity contribution in [3.05, 3.63) is 41.5 Å². The van der Waals surface area contributed by atoms with Gasteiger partial charge in [0.15, 0.2) is 5.16 Å². The van der Waals surface area contributed by atoms with Crippen molar-refractivity contribution in [1.82, 2.24) is 15.2 Å². The van der Waals surface area contributed by atoms with Gasteiger partial charge >= 0.3 is 6.18 Å². The van der Waals surface area contributed by atoms with Gasteiger partial charge in [0.1, 0.15) is 12.1 Å². The number of hydrogen-bond donors (Lipinski definition) is 1. The first-order chi connectivity index (χ1) is 8.47. The van der Waals surface area contributed by atoms with Crippen LogP contribution in [0, 0.1) is 5.82 Å². The Morgan fingerprint density at radius 3 is 2.67 bits per heavy atom. The van der Waals surface area contributed by atoms with E-state index < -0.39 is 17.6 Å². The van der Waals surface area contributed by atoms with Crippen molar-refractivity contribution >= 4 is 11.8 Å². The fourth-order valence-electron chi connectivity index (χ4n) is 1.29. The van der Waals surface area contributed by atoms with Gasteiger partial charge in [-0.3, -0.25) is 5.10 Å². The maximum Gasteiger partial charge on any atom is 0.419 e. The second kappa shape index (κ2) is 4.97. The van der Waals surface area contributed by atoms with Gasteiger partial charge in [-0.1, -0.05) is 17.8 Å². The summed E-state index contributed by atoms with van der Waals surface area (Å²) in [7, 11) is 0. The SMILES string of the molecule is Fc1ccc(CSc2ncn[nH]2)cc1C(F)(F)F. The third kappa shape index (κ3) is 3.00. The number of nitrogens with zero attached hydrogens (tertiary/aromatic N) is 2. The van der Waals surface area contributed by atoms with E-state index in [-0.39, 0.29) is 5.75 Å². The number of aromatic nitrogens is 3. The van der Waals surface area contributed by atoms with Crippen LogP contribution in [0.15, 0.2) is 29.7 Å². The molecule has 1 aromatic heterocycles. The van der Waals surface area contributed by atoms with E-state index >= 15 is 0 Å². The third-order valence-corrected chi connectivity index (χ3v) is 3.05. The molecule has 2 aromatic rings. The summed E-state index contributed by atoms with van der Waals surface area (Å²) in [5.41, 5.74) is -0.886. The number of thioether (sulfide) groups is 1. The van der Waals surface area contributed by atoms with Crippen LogP contribution in [0.25, 0.3) is 0 Å². The van der Waals surface area contributed by atoms with E-state index in [4.69, 9.17) is 0 Å². The Kier molecular flexibility index (Phi) is 3.55. The molecule has 96 valence electrons. The summed E-state index contributed by atoms with van der Waals surface area (Å²) in [5, 5.41) is 6.67. The maximum atomic E-state index is 13.0. The van der Waals surface area contributed by atoms with Crippen LogP contribution in [-0.4, -0.2) is 15.2 Å². The van der Waals surface area contributed by atoms with E-state index in [1.807, 2.05) is 0 Å². The highest BCUT2D eigenvalue weighted by Crippen LogP contribution is 2.32. The first kappa shape index (κ1) is 12.9. The fourth-order valence-corrected chi connectivity index (χ4v) is 2.02. The molecule has 0 atom stereocenters. The predicted octanol–water partition coefficient (Wildman–Crippen LogP) is 3.25. The van der Waals surface area contributed by atoms with Gasteiger partial charge in [-0.15, -0.1) is 0 Å². The monoisotopic (exact) mass is 277 g/mol. The number of H-pyrrole nitrogens is 1. The molecule has 3 nitrogen and oxygen atoms in total. The molecule has 1 heterocycles. The minimum Gasteiger partial charge on any atom is -0.254 e. The molecule has 0 aliphatic heterocycles. The normalized spacial score (nSPS) is 11.8. The van der Waals surface area contributed by atoms with Crippen molar-refractivity contribution in [1.29, 1.82) is 0 Å². The molecule has 0 amide bonds. The number of aromatic amines is 1. The Hall–Kier alpha value is -1.57. The Bertz CT molecular complexity index is 524. The average Bonchev–Trinajstić information content (AvgIpc) is 2.79. The first-order valence-electron chi connectivity index (χ1n) is 4.80. The number of nitrogens with one attached hydrogen (secondary N) is 1. The van der Waals surface area contributed by atoms with Gasteiger partial charge < -0.3 is 0 Å². The number of benzene rings is 1. The molecule has 0 unspecified atom stereocenters. The van der Waals surface area contributed by atoms with Crippen molar-refractivity contribution in [2.45, 2.75) is 17.1 Å². The number of alkyl halides is 3. The molecule has 2 rings (SSSR count). The lowest BCUT2D eigenvalue weighted by Gasteiger charge is -2.09. The summed E-state index contributed by atoms with van der Waals surface area (Å²) in [6, 6.07) is 2.94. The van der Waals surface area contributed by atoms with Crippen molar-refractivity contribution < 1.29 is 17.6 Å². The summed E-state index contributed by atoms with van der Waals surface area (Å²) >= 11 is 1.19. The van der Waals surface area contributed by atoms with E-state index in [0.29, 0.717) is 10.7 Å². The van der Waals surface area contributed by atoms with Gasteiger partial charge in [0.05, 0.1) is 5.56 Å². The molecule has 1 N–H and O–H groups in total. The molecule has 0 spiro atoms. The standard InChI is InChI=1S/C10H7F4N3S/c11-8-2-1-6(3-7(8)10(12,13)14)4-18-9-15-5-16-17-9/h1-3,5H,4H2,(H,15,16,17). The van der Waals surface area contributed by atoms with Crippen molar-refractivity contribution in [2.75, 3.05) is 0 Å². The summed E-state index contributed by atoms with van der Waals surface area (Å²) in [6.45, 7) is 0. The largest absolute Gasteiger partial charge is 0.419 e. The van der Waals surface area contributed by atoms with E-state index in [1.165, 1.54) is 24.2 Å². The fraction of sp³-hybridized carbons (Fsp3) is 0.200. The van der Waals surface area contributed by atoms with Crippen molar-refractivity contribution in [3.63, 3.8) is 0 Å². The average molecular weight is 277 g/mol. The lowest BCUT2D eigenvalue weighted by atomic mass is 10.1. The predicted molar refractivity (Wildman–Crippen MR) is 57.3 cm³/mol. The van der Waals surface area contributed by atoms with Gasteiger partial charge in [0, 0.05) is 5.75 Å². The molecule has 0 saturated carbocycles. The Morgan fingerprint density at radius 1 is 1.28 bits per heavy atom. The molecule has 0 radical (unpaired) electrons. The zero-order valence-corrected chi connectivity index (χ0v) is 9.65. The van der Waals surface area contributed by atoms with Crippen LogP contribution in [0.1, 0.15) is 11.1 Å². The molecule has 1 aromatic carbocycles. The van der Waals surface area contributed by atoms with Crippen LogP contribution < -0.4 is 0 Å². The van der Waals surface area contributed by atoms with Crippen LogP contribution in [0.3, 0.4) is 0 Å². The van der Waals surface area contributed by atoms with E-state index in [1.54, 1.807) is 0 Å². The molecule has 8 heteroatoms. The molecule has 0 fully saturated rings. The lowest BCUT2D eigenvalue weighted by Crippen LogP contribution is -2.08. The molecular weight excluding hydrogens is 270 g/mol. The molecule has 0 aliphatic rings. The quantitative estimate of drug-likeness (QED) is 0.691. The lowest BCUT2D eigenvalue weighted by molar-refractivity contribution is -0.140. The topological polar surface area (TPSA) is 41.6 Å². The number of hydrogen-bond acceptors (Lipinski definition) is 3. The van der Waals surface area contributed by atoms with Crippen LogP contribution in [0.2, 0.25) is 0 Å². The van der Waals surface area contributed by atoms with Crippen LogP contribution >= 0.6 is 11.8 Å². The second-order valence-corrected chi connectivity index (χ2v) is 4.36. The maximum absolute atomic E-state index is 13.0. The summed E-state index contributed by atoms with van der Waals surface area (Å²) in [4.78, 5) is 3.82. The Labute approximate surface area is 104 Å². The van der Waals surface area contributed by atoms with Gasteiger partial charge in [0.25, 0.3) is 0 Å². The minimum absolute atomic E-state index is 0.249. The summed E-state index contributed by atoms with van der Waals surface area (Å²) in [6.07, 6.45) is -3.38. The number of rotatable bonds is 3. The highest BCUT2D eigenvalue weighted by atomic mass is 32.2. The zero-order chi connectivity index (χ0) is 13.2. The van der Waals surface area contributed by atoms with Gasteiger partial charge in [-0.25, -0.2) is 9.37 Å². The van der Waals surface area contributed by atoms with E-state index in [0.717, 1.165) is 12.1 Å². The zero-order valence-electron chi connectivity index (χ0n) is 8.83. The van der Waals surface area contributed by atoms with Crippen LogP contribution in [0.5, 0.6) is 0 Å². The van der Waals surface area contributed by atoms with Crippen LogP contribution in [0.4, 0.5) is 17.6 Å². The summed E-state index contributed by atoms with van der Waals surface area (Å²) in [5.74, 6) is -1.02. The molecular formula is C10H7F4N3S. The summed E-state index contributed by atoms with van der Waals surface area (Å²) < 4.78 is 50.4. The second-order valence-electron chi connectivity index (χ2n) is 3.39. The smallest absolute Gasteiger partial charge is 0.254 e. The number of halogens is 4. The molecule has 18 heavy (non-hydrogen) atoms. The van der Waals surface area contributed by atoms with Gasteiger partial charge in [-0.05, 0) is 17.7 Å². The van der Waals surface area contributed by atoms with E-state index in [9.17, 15) is 17.6 Å². The van der Waals surface area contributed by atoms with Crippen molar-refractivity contribution in [2.24, 2.45) is 0 Å². The van der Waals surface area contributed by atoms with Gasteiger partial charge in [-0.2, -0.15) is 18.3 Å². The first-order valence-corrected chi connectivity index (χ1v) is 5.79. The molecule has 0 saturated heterocycles. The highest BCUT2D eigenvalue weighted by molar-refractivity contribution is 7.98.